The van der Waals surface area contributed by atoms with Crippen molar-refractivity contribution < 1.29 is 4.79 Å². The summed E-state index contributed by atoms with van der Waals surface area (Å²) in [6.45, 7) is 4.10. The summed E-state index contributed by atoms with van der Waals surface area (Å²) in [5, 5.41) is 0. The molecular weight excluding hydrogens is 186 g/mol. The molecule has 2 atom stereocenters. The lowest BCUT2D eigenvalue weighted by Gasteiger charge is -2.25. The van der Waals surface area contributed by atoms with Gasteiger partial charge in [0.15, 0.2) is 0 Å². The number of ketones is 1. The van der Waals surface area contributed by atoms with Gasteiger partial charge in [0.2, 0.25) is 0 Å². The number of nitrogens with two attached hydrogens (primary N) is 1. The average Bonchev–Trinajstić information content (AvgIpc) is 2.10. The molecule has 2 nitrogen and oxygen atoms in total. The maximum Gasteiger partial charge on any atom is 0.135 e. The highest BCUT2D eigenvalue weighted by Gasteiger charge is 2.23. The van der Waals surface area contributed by atoms with Gasteiger partial charge in [-0.25, -0.2) is 0 Å². The Hall–Kier alpha value is -0.370. The Bertz CT molecular complexity index is 197. The van der Waals surface area contributed by atoms with Crippen LogP contribution in [0.25, 0.3) is 0 Å². The number of carbonyl (C=O) groups is 1. The Balaban J connectivity index is 2.09. The van der Waals surface area contributed by atoms with E-state index in [0.717, 1.165) is 25.7 Å². The van der Waals surface area contributed by atoms with E-state index in [0.29, 0.717) is 11.7 Å². The molecule has 0 saturated heterocycles. The second-order valence-corrected chi connectivity index (χ2v) is 5.28. The van der Waals surface area contributed by atoms with E-state index in [4.69, 9.17) is 5.73 Å². The minimum Gasteiger partial charge on any atom is -0.328 e. The number of Topliss-reactive ketones (excluding diaryl/α,β-unsaturated/α-hetero) is 1. The Kier molecular flexibility index (Phi) is 5.30. The van der Waals surface area contributed by atoms with Crippen LogP contribution in [0.2, 0.25) is 0 Å². The van der Waals surface area contributed by atoms with Crippen LogP contribution in [0.15, 0.2) is 0 Å². The van der Waals surface area contributed by atoms with Crippen LogP contribution in [-0.2, 0) is 4.79 Å². The average molecular weight is 211 g/mol. The molecule has 1 aliphatic carbocycles. The zero-order chi connectivity index (χ0) is 11.3. The Morgan fingerprint density at radius 1 is 1.33 bits per heavy atom. The number of hydrogen-bond acceptors (Lipinski definition) is 2. The second-order valence-electron chi connectivity index (χ2n) is 5.28. The molecule has 1 aliphatic rings. The quantitative estimate of drug-likeness (QED) is 0.703. The van der Waals surface area contributed by atoms with Gasteiger partial charge in [0, 0.05) is 18.4 Å². The maximum atomic E-state index is 11.8. The third-order valence-electron chi connectivity index (χ3n) is 3.56. The van der Waals surface area contributed by atoms with Crippen molar-refractivity contribution in [2.75, 3.05) is 0 Å². The molecule has 0 aromatic heterocycles. The summed E-state index contributed by atoms with van der Waals surface area (Å²) >= 11 is 0. The fourth-order valence-corrected chi connectivity index (χ4v) is 2.09. The predicted octanol–water partition coefficient (Wildman–Crippen LogP) is 2.90. The first-order valence-corrected chi connectivity index (χ1v) is 6.38. The van der Waals surface area contributed by atoms with Gasteiger partial charge < -0.3 is 5.73 Å². The van der Waals surface area contributed by atoms with Crippen molar-refractivity contribution in [3.63, 3.8) is 0 Å². The van der Waals surface area contributed by atoms with Gasteiger partial charge in [0.05, 0.1) is 0 Å². The summed E-state index contributed by atoms with van der Waals surface area (Å²) in [6.07, 6.45) is 7.87. The van der Waals surface area contributed by atoms with Crippen molar-refractivity contribution in [1.29, 1.82) is 0 Å². The Morgan fingerprint density at radius 3 is 2.47 bits per heavy atom. The van der Waals surface area contributed by atoms with Crippen LogP contribution < -0.4 is 5.73 Å². The van der Waals surface area contributed by atoms with Gasteiger partial charge in [-0.2, -0.15) is 0 Å². The minimum atomic E-state index is 0.254. The van der Waals surface area contributed by atoms with E-state index < -0.39 is 0 Å². The zero-order valence-corrected chi connectivity index (χ0v) is 10.2. The molecular formula is C13H25NO. The molecule has 88 valence electrons. The van der Waals surface area contributed by atoms with Gasteiger partial charge in [0.25, 0.3) is 0 Å². The van der Waals surface area contributed by atoms with E-state index in [-0.39, 0.29) is 12.0 Å². The fraction of sp³-hybridized carbons (Fsp3) is 0.923. The van der Waals surface area contributed by atoms with Crippen molar-refractivity contribution in [1.82, 2.24) is 0 Å². The first kappa shape index (κ1) is 12.7. The maximum absolute atomic E-state index is 11.8. The molecule has 0 bridgehead atoms. The highest BCUT2D eigenvalue weighted by atomic mass is 16.1. The number of rotatable bonds is 7. The van der Waals surface area contributed by atoms with E-state index in [1.807, 2.05) is 6.92 Å². The van der Waals surface area contributed by atoms with Crippen molar-refractivity contribution in [3.8, 4) is 0 Å². The van der Waals surface area contributed by atoms with Gasteiger partial charge in [-0.05, 0) is 25.7 Å². The fourth-order valence-electron chi connectivity index (χ4n) is 2.09. The van der Waals surface area contributed by atoms with E-state index in [1.165, 1.54) is 19.3 Å². The minimum absolute atomic E-state index is 0.254. The molecule has 0 heterocycles. The lowest BCUT2D eigenvalue weighted by molar-refractivity contribution is -0.124. The molecule has 2 unspecified atom stereocenters. The summed E-state index contributed by atoms with van der Waals surface area (Å²) in [5.41, 5.74) is 5.68. The first-order chi connectivity index (χ1) is 7.09. The second kappa shape index (κ2) is 6.26. The SMILES string of the molecule is CC(N)CCCC(C)C(=O)CC1CCC1. The smallest absolute Gasteiger partial charge is 0.135 e. The van der Waals surface area contributed by atoms with Crippen LogP contribution in [0.5, 0.6) is 0 Å². The number of carbonyl (C=O) groups excluding carboxylic acids is 1. The molecule has 2 N–H and O–H groups in total. The van der Waals surface area contributed by atoms with E-state index >= 15 is 0 Å². The lowest BCUT2D eigenvalue weighted by atomic mass is 9.79. The van der Waals surface area contributed by atoms with Gasteiger partial charge in [-0.15, -0.1) is 0 Å². The van der Waals surface area contributed by atoms with E-state index in [9.17, 15) is 4.79 Å². The third kappa shape index (κ3) is 4.78. The van der Waals surface area contributed by atoms with Crippen LogP contribution in [-0.4, -0.2) is 11.8 Å². The van der Waals surface area contributed by atoms with Crippen LogP contribution >= 0.6 is 0 Å². The van der Waals surface area contributed by atoms with Crippen LogP contribution in [0.4, 0.5) is 0 Å². The molecule has 15 heavy (non-hydrogen) atoms. The summed E-state index contributed by atoms with van der Waals surface area (Å²) in [5.74, 6) is 1.45. The molecule has 2 heteroatoms. The van der Waals surface area contributed by atoms with Crippen molar-refractivity contribution in [2.24, 2.45) is 17.6 Å². The summed E-state index contributed by atoms with van der Waals surface area (Å²) < 4.78 is 0. The monoisotopic (exact) mass is 211 g/mol. The van der Waals surface area contributed by atoms with Crippen molar-refractivity contribution >= 4 is 5.78 Å². The molecule has 0 aromatic carbocycles. The molecule has 1 rings (SSSR count). The normalized spacial score (nSPS) is 20.7. The molecule has 0 aliphatic heterocycles. The largest absolute Gasteiger partial charge is 0.328 e. The zero-order valence-electron chi connectivity index (χ0n) is 10.2. The standard InChI is InChI=1S/C13H25NO/c1-10(5-3-6-11(2)14)13(15)9-12-7-4-8-12/h10-12H,3-9,14H2,1-2H3. The predicted molar refractivity (Wildman–Crippen MR) is 63.6 cm³/mol. The summed E-state index contributed by atoms with van der Waals surface area (Å²) in [6, 6.07) is 0.277. The van der Waals surface area contributed by atoms with E-state index in [2.05, 4.69) is 6.92 Å². The Morgan fingerprint density at radius 2 is 2.00 bits per heavy atom. The Labute approximate surface area is 93.6 Å². The van der Waals surface area contributed by atoms with Gasteiger partial charge >= 0.3 is 0 Å². The molecule has 1 saturated carbocycles. The van der Waals surface area contributed by atoms with E-state index in [1.54, 1.807) is 0 Å². The van der Waals surface area contributed by atoms with Crippen molar-refractivity contribution in [3.05, 3.63) is 0 Å². The van der Waals surface area contributed by atoms with Crippen LogP contribution in [0, 0.1) is 11.8 Å². The van der Waals surface area contributed by atoms with Gasteiger partial charge in [-0.1, -0.05) is 32.6 Å². The van der Waals surface area contributed by atoms with Gasteiger partial charge in [-0.3, -0.25) is 4.79 Å². The third-order valence-corrected chi connectivity index (χ3v) is 3.56. The molecule has 0 aromatic rings. The molecule has 0 radical (unpaired) electrons. The van der Waals surface area contributed by atoms with Crippen LogP contribution in [0.3, 0.4) is 0 Å². The summed E-state index contributed by atoms with van der Waals surface area (Å²) in [7, 11) is 0. The first-order valence-electron chi connectivity index (χ1n) is 6.38. The summed E-state index contributed by atoms with van der Waals surface area (Å²) in [4.78, 5) is 11.8. The topological polar surface area (TPSA) is 43.1 Å². The lowest BCUT2D eigenvalue weighted by Crippen LogP contribution is -2.21. The highest BCUT2D eigenvalue weighted by molar-refractivity contribution is 5.80. The van der Waals surface area contributed by atoms with Crippen LogP contribution in [0.1, 0.15) is 58.8 Å². The molecule has 1 fully saturated rings. The molecule has 0 amide bonds. The van der Waals surface area contributed by atoms with Gasteiger partial charge in [0.1, 0.15) is 5.78 Å². The van der Waals surface area contributed by atoms with Crippen molar-refractivity contribution in [2.45, 2.75) is 64.8 Å². The highest BCUT2D eigenvalue weighted by Crippen LogP contribution is 2.30. The number of hydrogen-bond donors (Lipinski definition) is 1. The molecule has 0 spiro atoms.